The molecule has 2 rings (SSSR count). The highest BCUT2D eigenvalue weighted by molar-refractivity contribution is 7.13. The molecule has 0 amide bonds. The summed E-state index contributed by atoms with van der Waals surface area (Å²) in [7, 11) is 1.33. The van der Waals surface area contributed by atoms with Gasteiger partial charge in [-0.15, -0.1) is 11.3 Å². The maximum Gasteiger partial charge on any atom is 0.311 e. The fourth-order valence-electron chi connectivity index (χ4n) is 1.64. The Kier molecular flexibility index (Phi) is 5.10. The molecule has 1 heterocycles. The van der Waals surface area contributed by atoms with E-state index in [9.17, 15) is 9.18 Å². The van der Waals surface area contributed by atoms with Crippen LogP contribution in [0.15, 0.2) is 23.6 Å². The Morgan fingerprint density at radius 2 is 2.29 bits per heavy atom. The summed E-state index contributed by atoms with van der Waals surface area (Å²) in [6.07, 6.45) is 0.117. The van der Waals surface area contributed by atoms with E-state index in [1.807, 2.05) is 0 Å². The van der Waals surface area contributed by atoms with Gasteiger partial charge >= 0.3 is 5.97 Å². The standard InChI is InChI=1S/C14H15FN2O3S/c1-3-20-12-5-4-9(6-11(12)15)16-14-17-10(8-21-14)7-13(18)19-2/h4-6,8H,3,7H2,1-2H3,(H,16,17). The van der Waals surface area contributed by atoms with Crippen LogP contribution in [0.2, 0.25) is 0 Å². The first-order valence-electron chi connectivity index (χ1n) is 6.33. The quantitative estimate of drug-likeness (QED) is 0.831. The molecule has 0 unspecified atom stereocenters. The van der Waals surface area contributed by atoms with E-state index in [-0.39, 0.29) is 18.1 Å². The molecule has 0 saturated heterocycles. The molecular weight excluding hydrogens is 295 g/mol. The lowest BCUT2D eigenvalue weighted by molar-refractivity contribution is -0.139. The number of ether oxygens (including phenoxy) is 2. The van der Waals surface area contributed by atoms with E-state index < -0.39 is 5.82 Å². The van der Waals surface area contributed by atoms with Crippen LogP contribution in [0.5, 0.6) is 5.75 Å². The zero-order chi connectivity index (χ0) is 15.2. The van der Waals surface area contributed by atoms with Gasteiger partial charge in [-0.1, -0.05) is 0 Å². The van der Waals surface area contributed by atoms with E-state index in [1.165, 1.54) is 24.5 Å². The molecule has 0 aliphatic heterocycles. The number of hydrogen-bond acceptors (Lipinski definition) is 6. The third kappa shape index (κ3) is 4.16. The number of benzene rings is 1. The van der Waals surface area contributed by atoms with Crippen LogP contribution < -0.4 is 10.1 Å². The van der Waals surface area contributed by atoms with E-state index in [4.69, 9.17) is 4.74 Å². The number of anilines is 2. The predicted molar refractivity (Wildman–Crippen MR) is 78.7 cm³/mol. The van der Waals surface area contributed by atoms with Gasteiger partial charge in [0.05, 0.1) is 25.8 Å². The monoisotopic (exact) mass is 310 g/mol. The number of carbonyl (C=O) groups excluding carboxylic acids is 1. The number of halogens is 1. The molecule has 0 aliphatic carbocycles. The number of aromatic nitrogens is 1. The first kappa shape index (κ1) is 15.2. The van der Waals surface area contributed by atoms with Gasteiger partial charge in [0.15, 0.2) is 16.7 Å². The van der Waals surface area contributed by atoms with E-state index in [0.717, 1.165) is 0 Å². The van der Waals surface area contributed by atoms with Gasteiger partial charge in [0.25, 0.3) is 0 Å². The molecule has 0 atom stereocenters. The van der Waals surface area contributed by atoms with E-state index >= 15 is 0 Å². The molecule has 0 fully saturated rings. The molecule has 1 aromatic carbocycles. The molecule has 112 valence electrons. The molecular formula is C14H15FN2O3S. The smallest absolute Gasteiger partial charge is 0.311 e. The molecule has 0 aliphatic rings. The van der Waals surface area contributed by atoms with Crippen molar-refractivity contribution in [3.63, 3.8) is 0 Å². The lowest BCUT2D eigenvalue weighted by Crippen LogP contribution is -2.04. The van der Waals surface area contributed by atoms with Gasteiger partial charge in [-0.2, -0.15) is 0 Å². The summed E-state index contributed by atoms with van der Waals surface area (Å²) in [4.78, 5) is 15.4. The number of nitrogens with zero attached hydrogens (tertiary/aromatic N) is 1. The lowest BCUT2D eigenvalue weighted by atomic mass is 10.3. The normalized spacial score (nSPS) is 10.2. The summed E-state index contributed by atoms with van der Waals surface area (Å²) in [5, 5.41) is 5.32. The van der Waals surface area contributed by atoms with Crippen LogP contribution in [0.1, 0.15) is 12.6 Å². The number of esters is 1. The number of rotatable bonds is 6. The Morgan fingerprint density at radius 3 is 2.95 bits per heavy atom. The Hall–Kier alpha value is -2.15. The van der Waals surface area contributed by atoms with Crippen molar-refractivity contribution in [2.24, 2.45) is 0 Å². The van der Waals surface area contributed by atoms with Gasteiger partial charge in [-0.05, 0) is 19.1 Å². The van der Waals surface area contributed by atoms with Crippen LogP contribution in [0, 0.1) is 5.82 Å². The Morgan fingerprint density at radius 1 is 1.48 bits per heavy atom. The van der Waals surface area contributed by atoms with Gasteiger partial charge < -0.3 is 14.8 Å². The Bertz CT molecular complexity index is 630. The van der Waals surface area contributed by atoms with Crippen LogP contribution in [-0.4, -0.2) is 24.7 Å². The summed E-state index contributed by atoms with van der Waals surface area (Å²) >= 11 is 1.33. The van der Waals surface area contributed by atoms with Crippen molar-refractivity contribution in [1.29, 1.82) is 0 Å². The van der Waals surface area contributed by atoms with Gasteiger partial charge in [0.2, 0.25) is 0 Å². The zero-order valence-electron chi connectivity index (χ0n) is 11.7. The molecule has 7 heteroatoms. The highest BCUT2D eigenvalue weighted by atomic mass is 32.1. The fraction of sp³-hybridized carbons (Fsp3) is 0.286. The molecule has 0 bridgehead atoms. The first-order valence-corrected chi connectivity index (χ1v) is 7.21. The SMILES string of the molecule is CCOc1ccc(Nc2nc(CC(=O)OC)cs2)cc1F. The summed E-state index contributed by atoms with van der Waals surface area (Å²) in [6.45, 7) is 2.21. The van der Waals surface area contributed by atoms with E-state index in [2.05, 4.69) is 15.0 Å². The molecule has 5 nitrogen and oxygen atoms in total. The Labute approximate surface area is 125 Å². The maximum absolute atomic E-state index is 13.7. The van der Waals surface area contributed by atoms with E-state index in [1.54, 1.807) is 24.4 Å². The largest absolute Gasteiger partial charge is 0.491 e. The third-order valence-corrected chi connectivity index (χ3v) is 3.39. The second-order valence-corrected chi connectivity index (χ2v) is 4.96. The average molecular weight is 310 g/mol. The van der Waals surface area contributed by atoms with Crippen molar-refractivity contribution >= 4 is 28.1 Å². The first-order chi connectivity index (χ1) is 10.1. The van der Waals surface area contributed by atoms with Crippen LogP contribution >= 0.6 is 11.3 Å². The molecule has 0 saturated carbocycles. The van der Waals surface area contributed by atoms with E-state index in [0.29, 0.717) is 23.1 Å². The molecule has 0 radical (unpaired) electrons. The fourth-order valence-corrected chi connectivity index (χ4v) is 2.37. The molecule has 1 aromatic heterocycles. The van der Waals surface area contributed by atoms with Crippen molar-refractivity contribution in [2.75, 3.05) is 19.0 Å². The highest BCUT2D eigenvalue weighted by Crippen LogP contribution is 2.25. The number of thiazole rings is 1. The highest BCUT2D eigenvalue weighted by Gasteiger charge is 2.09. The van der Waals surface area contributed by atoms with Crippen molar-refractivity contribution in [3.8, 4) is 5.75 Å². The average Bonchev–Trinajstić information content (AvgIpc) is 2.89. The van der Waals surface area contributed by atoms with Crippen LogP contribution in [0.3, 0.4) is 0 Å². The minimum absolute atomic E-state index is 0.117. The Balaban J connectivity index is 2.04. The number of nitrogens with one attached hydrogen (secondary N) is 1. The predicted octanol–water partition coefficient (Wildman–Crippen LogP) is 3.14. The minimum atomic E-state index is -0.437. The second-order valence-electron chi connectivity index (χ2n) is 4.10. The van der Waals surface area contributed by atoms with Gasteiger partial charge in [0.1, 0.15) is 0 Å². The van der Waals surface area contributed by atoms with Crippen LogP contribution in [-0.2, 0) is 16.0 Å². The van der Waals surface area contributed by atoms with Gasteiger partial charge in [0, 0.05) is 17.1 Å². The maximum atomic E-state index is 13.7. The lowest BCUT2D eigenvalue weighted by Gasteiger charge is -2.07. The topological polar surface area (TPSA) is 60.5 Å². The molecule has 1 N–H and O–H groups in total. The number of hydrogen-bond donors (Lipinski definition) is 1. The van der Waals surface area contributed by atoms with Gasteiger partial charge in [-0.25, -0.2) is 9.37 Å². The van der Waals surface area contributed by atoms with Crippen molar-refractivity contribution < 1.29 is 18.7 Å². The van der Waals surface area contributed by atoms with Crippen molar-refractivity contribution in [3.05, 3.63) is 35.1 Å². The van der Waals surface area contributed by atoms with Crippen molar-refractivity contribution in [1.82, 2.24) is 4.98 Å². The van der Waals surface area contributed by atoms with Gasteiger partial charge in [-0.3, -0.25) is 4.79 Å². The van der Waals surface area contributed by atoms with Crippen LogP contribution in [0.4, 0.5) is 15.2 Å². The van der Waals surface area contributed by atoms with Crippen LogP contribution in [0.25, 0.3) is 0 Å². The zero-order valence-corrected chi connectivity index (χ0v) is 12.5. The number of methoxy groups -OCH3 is 1. The summed E-state index contributed by atoms with van der Waals surface area (Å²) in [6, 6.07) is 4.60. The minimum Gasteiger partial charge on any atom is -0.491 e. The molecule has 21 heavy (non-hydrogen) atoms. The number of carbonyl (C=O) groups is 1. The second kappa shape index (κ2) is 7.03. The summed E-state index contributed by atoms with van der Waals surface area (Å²) < 4.78 is 23.4. The van der Waals surface area contributed by atoms with Crippen molar-refractivity contribution in [2.45, 2.75) is 13.3 Å². The molecule has 2 aromatic rings. The third-order valence-electron chi connectivity index (χ3n) is 2.59. The molecule has 0 spiro atoms. The summed E-state index contributed by atoms with van der Waals surface area (Å²) in [5.74, 6) is -0.569. The summed E-state index contributed by atoms with van der Waals surface area (Å²) in [5.41, 5.74) is 1.18.